The van der Waals surface area contributed by atoms with E-state index in [4.69, 9.17) is 4.74 Å². The number of anilines is 1. The molecule has 4 nitrogen and oxygen atoms in total. The van der Waals surface area contributed by atoms with Gasteiger partial charge in [0.1, 0.15) is 5.75 Å². The third kappa shape index (κ3) is 2.25. The SMILES string of the molecule is COc1ccc(C)cc1NCc1c(C)nc2sccn12. The van der Waals surface area contributed by atoms with E-state index >= 15 is 0 Å². The largest absolute Gasteiger partial charge is 0.495 e. The Morgan fingerprint density at radius 3 is 3.00 bits per heavy atom. The third-order valence-electron chi connectivity index (χ3n) is 3.36. The van der Waals surface area contributed by atoms with Gasteiger partial charge in [-0.1, -0.05) is 6.07 Å². The van der Waals surface area contributed by atoms with Gasteiger partial charge in [-0.3, -0.25) is 4.40 Å². The van der Waals surface area contributed by atoms with Crippen molar-refractivity contribution < 1.29 is 4.74 Å². The van der Waals surface area contributed by atoms with Crippen LogP contribution in [0.3, 0.4) is 0 Å². The van der Waals surface area contributed by atoms with Crippen LogP contribution in [0.5, 0.6) is 5.75 Å². The van der Waals surface area contributed by atoms with E-state index in [-0.39, 0.29) is 0 Å². The van der Waals surface area contributed by atoms with Gasteiger partial charge in [-0.15, -0.1) is 11.3 Å². The molecule has 0 amide bonds. The zero-order chi connectivity index (χ0) is 14.1. The van der Waals surface area contributed by atoms with Gasteiger partial charge < -0.3 is 10.1 Å². The first kappa shape index (κ1) is 13.0. The van der Waals surface area contributed by atoms with Crippen LogP contribution in [0.1, 0.15) is 17.0 Å². The van der Waals surface area contributed by atoms with E-state index in [2.05, 4.69) is 39.3 Å². The van der Waals surface area contributed by atoms with E-state index in [0.29, 0.717) is 0 Å². The van der Waals surface area contributed by atoms with E-state index in [0.717, 1.165) is 28.6 Å². The Hall–Kier alpha value is -2.01. The Balaban J connectivity index is 1.88. The number of imidazole rings is 1. The molecular formula is C15H17N3OS. The molecule has 3 rings (SSSR count). The first-order chi connectivity index (χ1) is 9.69. The van der Waals surface area contributed by atoms with Gasteiger partial charge in [-0.05, 0) is 31.5 Å². The van der Waals surface area contributed by atoms with Gasteiger partial charge in [0, 0.05) is 11.6 Å². The number of aromatic nitrogens is 2. The summed E-state index contributed by atoms with van der Waals surface area (Å²) in [4.78, 5) is 5.59. The topological polar surface area (TPSA) is 38.6 Å². The lowest BCUT2D eigenvalue weighted by molar-refractivity contribution is 0.416. The standard InChI is InChI=1S/C15H17N3OS/c1-10-4-5-14(19-3)12(8-10)16-9-13-11(2)17-15-18(13)6-7-20-15/h4-8,16H,9H2,1-3H3. The number of hydrogen-bond donors (Lipinski definition) is 1. The van der Waals surface area contributed by atoms with Crippen molar-refractivity contribution in [3.8, 4) is 5.75 Å². The summed E-state index contributed by atoms with van der Waals surface area (Å²) in [6.07, 6.45) is 2.06. The molecule has 0 atom stereocenters. The molecule has 1 N–H and O–H groups in total. The minimum atomic E-state index is 0.726. The second kappa shape index (κ2) is 5.17. The number of thiazole rings is 1. The minimum Gasteiger partial charge on any atom is -0.495 e. The van der Waals surface area contributed by atoms with Gasteiger partial charge in [0.05, 0.1) is 30.7 Å². The van der Waals surface area contributed by atoms with Crippen LogP contribution in [0.4, 0.5) is 5.69 Å². The summed E-state index contributed by atoms with van der Waals surface area (Å²) in [6, 6.07) is 6.13. The predicted octanol–water partition coefficient (Wildman–Crippen LogP) is 3.63. The van der Waals surface area contributed by atoms with Crippen molar-refractivity contribution in [1.82, 2.24) is 9.38 Å². The summed E-state index contributed by atoms with van der Waals surface area (Å²) >= 11 is 1.65. The quantitative estimate of drug-likeness (QED) is 0.796. The normalized spacial score (nSPS) is 10.9. The molecule has 0 bridgehead atoms. The first-order valence-electron chi connectivity index (χ1n) is 6.48. The Kier molecular flexibility index (Phi) is 3.36. The second-order valence-electron chi connectivity index (χ2n) is 4.76. The fourth-order valence-corrected chi connectivity index (χ4v) is 3.07. The van der Waals surface area contributed by atoms with Crippen molar-refractivity contribution >= 4 is 22.0 Å². The molecule has 0 aliphatic heterocycles. The maximum atomic E-state index is 5.39. The van der Waals surface area contributed by atoms with Crippen LogP contribution in [-0.2, 0) is 6.54 Å². The van der Waals surface area contributed by atoms with E-state index in [1.54, 1.807) is 18.4 Å². The highest BCUT2D eigenvalue weighted by atomic mass is 32.1. The smallest absolute Gasteiger partial charge is 0.194 e. The maximum absolute atomic E-state index is 5.39. The highest BCUT2D eigenvalue weighted by molar-refractivity contribution is 7.15. The van der Waals surface area contributed by atoms with Gasteiger partial charge in [0.2, 0.25) is 0 Å². The Morgan fingerprint density at radius 1 is 1.35 bits per heavy atom. The molecule has 0 radical (unpaired) electrons. The zero-order valence-electron chi connectivity index (χ0n) is 11.8. The van der Waals surface area contributed by atoms with Crippen LogP contribution in [-0.4, -0.2) is 16.5 Å². The summed E-state index contributed by atoms with van der Waals surface area (Å²) in [5.41, 5.74) is 4.47. The highest BCUT2D eigenvalue weighted by Gasteiger charge is 2.10. The zero-order valence-corrected chi connectivity index (χ0v) is 12.6. The van der Waals surface area contributed by atoms with E-state index < -0.39 is 0 Å². The van der Waals surface area contributed by atoms with Crippen molar-refractivity contribution in [2.45, 2.75) is 20.4 Å². The van der Waals surface area contributed by atoms with Gasteiger partial charge >= 0.3 is 0 Å². The lowest BCUT2D eigenvalue weighted by atomic mass is 10.2. The lowest BCUT2D eigenvalue weighted by Crippen LogP contribution is -2.05. The van der Waals surface area contributed by atoms with Crippen LogP contribution in [0.15, 0.2) is 29.8 Å². The van der Waals surface area contributed by atoms with Crippen molar-refractivity contribution in [2.75, 3.05) is 12.4 Å². The maximum Gasteiger partial charge on any atom is 0.194 e. The number of fused-ring (bicyclic) bond motifs is 1. The molecule has 20 heavy (non-hydrogen) atoms. The van der Waals surface area contributed by atoms with Crippen LogP contribution in [0, 0.1) is 13.8 Å². The highest BCUT2D eigenvalue weighted by Crippen LogP contribution is 2.26. The molecule has 0 unspecified atom stereocenters. The Bertz CT molecular complexity index is 745. The Labute approximate surface area is 122 Å². The van der Waals surface area contributed by atoms with Gasteiger partial charge in [-0.2, -0.15) is 0 Å². The fraction of sp³-hybridized carbons (Fsp3) is 0.267. The monoisotopic (exact) mass is 287 g/mol. The van der Waals surface area contributed by atoms with E-state index in [1.807, 2.05) is 19.1 Å². The molecule has 104 valence electrons. The summed E-state index contributed by atoms with van der Waals surface area (Å²) in [6.45, 7) is 4.85. The summed E-state index contributed by atoms with van der Waals surface area (Å²) in [7, 11) is 1.69. The number of benzene rings is 1. The molecule has 0 fully saturated rings. The van der Waals surface area contributed by atoms with Crippen LogP contribution < -0.4 is 10.1 Å². The summed E-state index contributed by atoms with van der Waals surface area (Å²) < 4.78 is 7.52. The molecule has 0 spiro atoms. The second-order valence-corrected chi connectivity index (χ2v) is 5.63. The van der Waals surface area contributed by atoms with Crippen LogP contribution in [0.25, 0.3) is 4.96 Å². The third-order valence-corrected chi connectivity index (χ3v) is 4.12. The first-order valence-corrected chi connectivity index (χ1v) is 7.36. The molecule has 0 saturated heterocycles. The Morgan fingerprint density at radius 2 is 2.20 bits per heavy atom. The van der Waals surface area contributed by atoms with E-state index in [1.165, 1.54) is 11.3 Å². The van der Waals surface area contributed by atoms with Crippen molar-refractivity contribution in [1.29, 1.82) is 0 Å². The number of methoxy groups -OCH3 is 1. The minimum absolute atomic E-state index is 0.726. The molecule has 2 aromatic heterocycles. The molecule has 2 heterocycles. The molecule has 3 aromatic rings. The van der Waals surface area contributed by atoms with Crippen molar-refractivity contribution in [3.63, 3.8) is 0 Å². The molecular weight excluding hydrogens is 270 g/mol. The predicted molar refractivity (Wildman–Crippen MR) is 82.9 cm³/mol. The van der Waals surface area contributed by atoms with Gasteiger partial charge in [0.25, 0.3) is 0 Å². The average Bonchev–Trinajstić information content (AvgIpc) is 2.97. The van der Waals surface area contributed by atoms with Crippen molar-refractivity contribution in [2.24, 2.45) is 0 Å². The number of nitrogens with one attached hydrogen (secondary N) is 1. The summed E-state index contributed by atoms with van der Waals surface area (Å²) in [5.74, 6) is 0.860. The molecule has 0 saturated carbocycles. The number of ether oxygens (including phenoxy) is 1. The molecule has 1 aromatic carbocycles. The average molecular weight is 287 g/mol. The number of rotatable bonds is 4. The summed E-state index contributed by atoms with van der Waals surface area (Å²) in [5, 5.41) is 5.50. The fourth-order valence-electron chi connectivity index (χ4n) is 2.29. The number of aryl methyl sites for hydroxylation is 2. The number of hydrogen-bond acceptors (Lipinski definition) is 4. The van der Waals surface area contributed by atoms with E-state index in [9.17, 15) is 0 Å². The molecule has 5 heteroatoms. The molecule has 0 aliphatic rings. The number of nitrogens with zero attached hydrogens (tertiary/aromatic N) is 2. The van der Waals surface area contributed by atoms with Crippen LogP contribution in [0.2, 0.25) is 0 Å². The lowest BCUT2D eigenvalue weighted by Gasteiger charge is -2.12. The van der Waals surface area contributed by atoms with Crippen molar-refractivity contribution in [3.05, 3.63) is 46.7 Å². The van der Waals surface area contributed by atoms with Gasteiger partial charge in [-0.25, -0.2) is 4.98 Å². The molecule has 0 aliphatic carbocycles. The van der Waals surface area contributed by atoms with Gasteiger partial charge in [0.15, 0.2) is 4.96 Å². The van der Waals surface area contributed by atoms with Crippen LogP contribution >= 0.6 is 11.3 Å².